The first kappa shape index (κ1) is 28.6. The number of Topliss-reactive ketones (excluding diaryl/α,β-unsaturated/α-hetero) is 1. The van der Waals surface area contributed by atoms with E-state index in [2.05, 4.69) is 5.32 Å². The number of nitrogens with one attached hydrogen (secondary N) is 1. The summed E-state index contributed by atoms with van der Waals surface area (Å²) in [6.45, 7) is 9.83. The summed E-state index contributed by atoms with van der Waals surface area (Å²) in [5.74, 6) is -1.93. The summed E-state index contributed by atoms with van der Waals surface area (Å²) in [7, 11) is 0. The summed E-state index contributed by atoms with van der Waals surface area (Å²) in [6.07, 6.45) is -0.773. The molecular formula is C28H36N2O6. The molecule has 2 amide bonds. The van der Waals surface area contributed by atoms with Crippen molar-refractivity contribution in [3.63, 3.8) is 0 Å². The Balaban J connectivity index is 2.29. The van der Waals surface area contributed by atoms with Gasteiger partial charge in [-0.1, -0.05) is 74.5 Å². The zero-order valence-corrected chi connectivity index (χ0v) is 21.8. The van der Waals surface area contributed by atoms with E-state index in [-0.39, 0.29) is 24.9 Å². The Labute approximate surface area is 213 Å². The molecule has 0 aliphatic rings. The van der Waals surface area contributed by atoms with Crippen molar-refractivity contribution in [2.45, 2.75) is 65.8 Å². The number of hydrogen-bond donors (Lipinski definition) is 1. The molecule has 0 aliphatic carbocycles. The highest BCUT2D eigenvalue weighted by atomic mass is 16.6. The Morgan fingerprint density at radius 3 is 1.97 bits per heavy atom. The summed E-state index contributed by atoms with van der Waals surface area (Å²) < 4.78 is 10.8. The molecule has 2 aromatic rings. The SMILES string of the molecule is CC(C)[C@@H](C(=O)OCc1ccccc1)N(CC(=O)c1ccccc1)C(=O)[C@H](C)NC(=O)OC(C)(C)C. The second-order valence-corrected chi connectivity index (χ2v) is 9.91. The normalized spacial score (nSPS) is 12.9. The molecule has 1 N–H and O–H groups in total. The zero-order valence-electron chi connectivity index (χ0n) is 21.8. The van der Waals surface area contributed by atoms with Crippen LogP contribution in [0.2, 0.25) is 0 Å². The average Bonchev–Trinajstić information content (AvgIpc) is 2.81. The van der Waals surface area contributed by atoms with Gasteiger partial charge in [0.05, 0.1) is 6.54 Å². The second-order valence-electron chi connectivity index (χ2n) is 9.91. The van der Waals surface area contributed by atoms with Gasteiger partial charge in [0, 0.05) is 5.56 Å². The monoisotopic (exact) mass is 496 g/mol. The number of alkyl carbamates (subject to hydrolysis) is 1. The maximum atomic E-state index is 13.5. The van der Waals surface area contributed by atoms with Crippen LogP contribution in [0.5, 0.6) is 0 Å². The van der Waals surface area contributed by atoms with Gasteiger partial charge < -0.3 is 19.7 Å². The number of ether oxygens (including phenoxy) is 2. The molecule has 0 heterocycles. The Morgan fingerprint density at radius 2 is 1.44 bits per heavy atom. The molecule has 2 atom stereocenters. The summed E-state index contributed by atoms with van der Waals surface area (Å²) in [5, 5.41) is 2.50. The number of benzene rings is 2. The summed E-state index contributed by atoms with van der Waals surface area (Å²) in [4.78, 5) is 53.3. The van der Waals surface area contributed by atoms with Crippen LogP contribution in [0.4, 0.5) is 4.79 Å². The number of hydrogen-bond acceptors (Lipinski definition) is 6. The molecule has 0 radical (unpaired) electrons. The third kappa shape index (κ3) is 8.83. The van der Waals surface area contributed by atoms with Gasteiger partial charge in [-0.05, 0) is 39.2 Å². The standard InChI is InChI=1S/C28H36N2O6/c1-19(2)24(26(33)35-18-21-13-9-7-10-14-21)30(17-23(31)22-15-11-8-12-16-22)25(32)20(3)29-27(34)36-28(4,5)6/h7-16,19-20,24H,17-18H2,1-6H3,(H,29,34)/t20-,24-/m0/s1. The van der Waals surface area contributed by atoms with Crippen molar-refractivity contribution in [3.8, 4) is 0 Å². The molecule has 0 fully saturated rings. The van der Waals surface area contributed by atoms with Gasteiger partial charge in [-0.15, -0.1) is 0 Å². The van der Waals surface area contributed by atoms with E-state index in [1.807, 2.05) is 30.3 Å². The van der Waals surface area contributed by atoms with Crippen LogP contribution < -0.4 is 5.32 Å². The van der Waals surface area contributed by atoms with E-state index in [9.17, 15) is 19.2 Å². The van der Waals surface area contributed by atoms with Gasteiger partial charge in [-0.2, -0.15) is 0 Å². The number of rotatable bonds is 10. The minimum absolute atomic E-state index is 0.0310. The molecular weight excluding hydrogens is 460 g/mol. The Bertz CT molecular complexity index is 1030. The molecule has 194 valence electrons. The topological polar surface area (TPSA) is 102 Å². The van der Waals surface area contributed by atoms with Crippen LogP contribution in [0.25, 0.3) is 0 Å². The molecule has 0 saturated heterocycles. The van der Waals surface area contributed by atoms with Crippen LogP contribution >= 0.6 is 0 Å². The summed E-state index contributed by atoms with van der Waals surface area (Å²) in [6, 6.07) is 15.6. The van der Waals surface area contributed by atoms with Gasteiger partial charge in [-0.3, -0.25) is 9.59 Å². The lowest BCUT2D eigenvalue weighted by Gasteiger charge is -2.34. The van der Waals surface area contributed by atoms with Gasteiger partial charge in [0.2, 0.25) is 5.91 Å². The van der Waals surface area contributed by atoms with Gasteiger partial charge in [-0.25, -0.2) is 9.59 Å². The molecule has 0 bridgehead atoms. The number of ketones is 1. The first-order chi connectivity index (χ1) is 16.9. The van der Waals surface area contributed by atoms with Gasteiger partial charge >= 0.3 is 12.1 Å². The smallest absolute Gasteiger partial charge is 0.408 e. The summed E-state index contributed by atoms with van der Waals surface area (Å²) in [5.41, 5.74) is 0.451. The predicted octanol–water partition coefficient (Wildman–Crippen LogP) is 4.38. The quantitative estimate of drug-likeness (QED) is 0.387. The Morgan fingerprint density at radius 1 is 0.889 bits per heavy atom. The second kappa shape index (κ2) is 12.9. The number of nitrogens with zero attached hydrogens (tertiary/aromatic N) is 1. The molecule has 2 aromatic carbocycles. The fourth-order valence-corrected chi connectivity index (χ4v) is 3.55. The van der Waals surface area contributed by atoms with Crippen molar-refractivity contribution >= 4 is 23.8 Å². The van der Waals surface area contributed by atoms with Crippen LogP contribution in [0, 0.1) is 5.92 Å². The molecule has 8 nitrogen and oxygen atoms in total. The molecule has 0 spiro atoms. The molecule has 0 aromatic heterocycles. The number of esters is 1. The molecule has 0 aliphatic heterocycles. The lowest BCUT2D eigenvalue weighted by atomic mass is 10.00. The lowest BCUT2D eigenvalue weighted by Crippen LogP contribution is -2.56. The van der Waals surface area contributed by atoms with Crippen LogP contribution in [0.3, 0.4) is 0 Å². The fourth-order valence-electron chi connectivity index (χ4n) is 3.55. The van der Waals surface area contributed by atoms with Crippen molar-refractivity contribution in [1.29, 1.82) is 0 Å². The predicted molar refractivity (Wildman–Crippen MR) is 136 cm³/mol. The molecule has 2 rings (SSSR count). The van der Waals surface area contributed by atoms with E-state index in [4.69, 9.17) is 9.47 Å². The van der Waals surface area contributed by atoms with E-state index in [1.54, 1.807) is 65.0 Å². The maximum absolute atomic E-state index is 13.5. The zero-order chi connectivity index (χ0) is 26.9. The van der Waals surface area contributed by atoms with Crippen LogP contribution in [0.15, 0.2) is 60.7 Å². The highest BCUT2D eigenvalue weighted by molar-refractivity contribution is 6.01. The van der Waals surface area contributed by atoms with E-state index in [1.165, 1.54) is 11.8 Å². The molecule has 0 saturated carbocycles. The van der Waals surface area contributed by atoms with Crippen molar-refractivity contribution in [2.75, 3.05) is 6.54 Å². The van der Waals surface area contributed by atoms with Gasteiger partial charge in [0.1, 0.15) is 24.3 Å². The first-order valence-electron chi connectivity index (χ1n) is 12.0. The van der Waals surface area contributed by atoms with Gasteiger partial charge in [0.25, 0.3) is 0 Å². The highest BCUT2D eigenvalue weighted by Gasteiger charge is 2.37. The minimum atomic E-state index is -1.05. The van der Waals surface area contributed by atoms with Crippen LogP contribution in [-0.4, -0.2) is 52.9 Å². The number of carbonyl (C=O) groups is 4. The Kier molecular flexibility index (Phi) is 10.2. The van der Waals surface area contributed by atoms with E-state index >= 15 is 0 Å². The van der Waals surface area contributed by atoms with Gasteiger partial charge in [0.15, 0.2) is 5.78 Å². The third-order valence-corrected chi connectivity index (χ3v) is 5.23. The molecule has 0 unspecified atom stereocenters. The van der Waals surface area contributed by atoms with E-state index in [0.29, 0.717) is 5.56 Å². The van der Waals surface area contributed by atoms with E-state index < -0.39 is 35.7 Å². The fraction of sp³-hybridized carbons (Fsp3) is 0.429. The molecule has 36 heavy (non-hydrogen) atoms. The average molecular weight is 497 g/mol. The van der Waals surface area contributed by atoms with E-state index in [0.717, 1.165) is 5.56 Å². The summed E-state index contributed by atoms with van der Waals surface area (Å²) >= 11 is 0. The van der Waals surface area contributed by atoms with Crippen molar-refractivity contribution in [1.82, 2.24) is 10.2 Å². The lowest BCUT2D eigenvalue weighted by molar-refractivity contribution is -0.158. The van der Waals surface area contributed by atoms with Crippen LogP contribution in [-0.2, 0) is 25.7 Å². The maximum Gasteiger partial charge on any atom is 0.408 e. The number of amides is 2. The molecule has 8 heteroatoms. The Hall–Kier alpha value is -3.68. The largest absolute Gasteiger partial charge is 0.459 e. The first-order valence-corrected chi connectivity index (χ1v) is 12.0. The third-order valence-electron chi connectivity index (χ3n) is 5.23. The minimum Gasteiger partial charge on any atom is -0.459 e. The number of carbonyl (C=O) groups excluding carboxylic acids is 4. The van der Waals surface area contributed by atoms with Crippen molar-refractivity contribution < 1.29 is 28.7 Å². The van der Waals surface area contributed by atoms with Crippen molar-refractivity contribution in [3.05, 3.63) is 71.8 Å². The van der Waals surface area contributed by atoms with Crippen LogP contribution in [0.1, 0.15) is 57.5 Å². The highest BCUT2D eigenvalue weighted by Crippen LogP contribution is 2.18. The van der Waals surface area contributed by atoms with Crippen molar-refractivity contribution in [2.24, 2.45) is 5.92 Å².